The fourth-order valence-corrected chi connectivity index (χ4v) is 3.91. The Balaban J connectivity index is 1.71. The van der Waals surface area contributed by atoms with Crippen molar-refractivity contribution in [2.45, 2.75) is 39.0 Å². The van der Waals surface area contributed by atoms with Gasteiger partial charge in [0.15, 0.2) is 0 Å². The molecule has 0 bridgehead atoms. The van der Waals surface area contributed by atoms with Gasteiger partial charge in [0.1, 0.15) is 17.3 Å². The average molecular weight is 374 g/mol. The normalized spacial score (nSPS) is 14.0. The van der Waals surface area contributed by atoms with E-state index in [1.807, 2.05) is 12.1 Å². The monoisotopic (exact) mass is 374 g/mol. The summed E-state index contributed by atoms with van der Waals surface area (Å²) in [5.74, 6) is 0.523. The van der Waals surface area contributed by atoms with Gasteiger partial charge in [-0.3, -0.25) is 19.8 Å². The third-order valence-electron chi connectivity index (χ3n) is 4.35. The Bertz CT molecular complexity index is 788. The Hall–Kier alpha value is -2.48. The first-order valence-corrected chi connectivity index (χ1v) is 9.59. The zero-order valence-corrected chi connectivity index (χ0v) is 15.7. The van der Waals surface area contributed by atoms with Crippen LogP contribution >= 0.6 is 11.3 Å². The number of ether oxygens (including phenoxy) is 1. The van der Waals surface area contributed by atoms with Crippen LogP contribution in [0.1, 0.15) is 44.0 Å². The van der Waals surface area contributed by atoms with E-state index in [9.17, 15) is 9.59 Å². The molecule has 0 saturated heterocycles. The Morgan fingerprint density at radius 3 is 2.85 bits per heavy atom. The molecule has 1 aliphatic heterocycles. The summed E-state index contributed by atoms with van der Waals surface area (Å²) in [5.41, 5.74) is 0.611. The highest BCUT2D eigenvalue weighted by Crippen LogP contribution is 2.31. The van der Waals surface area contributed by atoms with E-state index in [0.29, 0.717) is 29.1 Å². The summed E-state index contributed by atoms with van der Waals surface area (Å²) in [6.45, 7) is 4.44. The van der Waals surface area contributed by atoms with Crippen molar-refractivity contribution in [2.24, 2.45) is 0 Å². The quantitative estimate of drug-likeness (QED) is 0.839. The van der Waals surface area contributed by atoms with Crippen molar-refractivity contribution in [2.75, 3.05) is 23.4 Å². The van der Waals surface area contributed by atoms with Crippen LogP contribution in [0.25, 0.3) is 0 Å². The first-order chi connectivity index (χ1) is 12.6. The molecule has 138 valence electrons. The number of para-hydroxylation sites is 2. The van der Waals surface area contributed by atoms with Crippen LogP contribution in [-0.4, -0.2) is 35.2 Å². The second kappa shape index (κ2) is 8.27. The SMILES string of the molecule is CCC(CC)c1nnc(NC(=O)CN2C(=O)CCOc3ccccc32)s1. The molecule has 0 unspecified atom stereocenters. The summed E-state index contributed by atoms with van der Waals surface area (Å²) in [6.07, 6.45) is 2.20. The maximum Gasteiger partial charge on any atom is 0.246 e. The van der Waals surface area contributed by atoms with E-state index in [0.717, 1.165) is 17.8 Å². The summed E-state index contributed by atoms with van der Waals surface area (Å²) < 4.78 is 5.59. The van der Waals surface area contributed by atoms with Crippen LogP contribution in [0.15, 0.2) is 24.3 Å². The predicted octanol–water partition coefficient (Wildman–Crippen LogP) is 3.20. The van der Waals surface area contributed by atoms with Crippen molar-refractivity contribution >= 4 is 34.0 Å². The van der Waals surface area contributed by atoms with E-state index in [1.54, 1.807) is 12.1 Å². The molecule has 0 fully saturated rings. The Morgan fingerprint density at radius 1 is 1.31 bits per heavy atom. The average Bonchev–Trinajstić information content (AvgIpc) is 3.03. The zero-order chi connectivity index (χ0) is 18.5. The van der Waals surface area contributed by atoms with Crippen molar-refractivity contribution in [3.8, 4) is 5.75 Å². The van der Waals surface area contributed by atoms with Gasteiger partial charge in [-0.1, -0.05) is 37.3 Å². The molecule has 2 amide bonds. The fraction of sp³-hybridized carbons (Fsp3) is 0.444. The number of fused-ring (bicyclic) bond motifs is 1. The zero-order valence-electron chi connectivity index (χ0n) is 14.9. The highest BCUT2D eigenvalue weighted by molar-refractivity contribution is 7.15. The summed E-state index contributed by atoms with van der Waals surface area (Å²) in [6, 6.07) is 7.24. The van der Waals surface area contributed by atoms with E-state index in [2.05, 4.69) is 29.4 Å². The molecule has 2 heterocycles. The topological polar surface area (TPSA) is 84.4 Å². The third-order valence-corrected chi connectivity index (χ3v) is 5.36. The number of benzene rings is 1. The lowest BCUT2D eigenvalue weighted by Gasteiger charge is -2.20. The second-order valence-corrected chi connectivity index (χ2v) is 7.06. The van der Waals surface area contributed by atoms with Gasteiger partial charge < -0.3 is 4.74 Å². The molecular weight excluding hydrogens is 352 g/mol. The standard InChI is InChI=1S/C18H22N4O3S/c1-3-12(4-2)17-20-21-18(26-17)19-15(23)11-22-13-7-5-6-8-14(13)25-10-9-16(22)24/h5-8,12H,3-4,9-11H2,1-2H3,(H,19,21,23). The van der Waals surface area contributed by atoms with Gasteiger partial charge in [-0.25, -0.2) is 0 Å². The summed E-state index contributed by atoms with van der Waals surface area (Å²) >= 11 is 1.39. The van der Waals surface area contributed by atoms with Gasteiger partial charge >= 0.3 is 0 Å². The van der Waals surface area contributed by atoms with Crippen molar-refractivity contribution in [3.05, 3.63) is 29.3 Å². The maximum atomic E-state index is 12.5. The van der Waals surface area contributed by atoms with E-state index >= 15 is 0 Å². The summed E-state index contributed by atoms with van der Waals surface area (Å²) in [5, 5.41) is 12.4. The molecule has 7 nitrogen and oxygen atoms in total. The molecule has 1 aliphatic rings. The summed E-state index contributed by atoms with van der Waals surface area (Å²) in [7, 11) is 0. The van der Waals surface area contributed by atoms with E-state index < -0.39 is 0 Å². The maximum absolute atomic E-state index is 12.5. The van der Waals surface area contributed by atoms with Crippen molar-refractivity contribution in [3.63, 3.8) is 0 Å². The molecule has 3 rings (SSSR count). The van der Waals surface area contributed by atoms with E-state index in [1.165, 1.54) is 16.2 Å². The molecule has 26 heavy (non-hydrogen) atoms. The van der Waals surface area contributed by atoms with Gasteiger partial charge in [0.25, 0.3) is 0 Å². The molecule has 0 saturated carbocycles. The Kier molecular flexibility index (Phi) is 5.82. The molecule has 0 radical (unpaired) electrons. The summed E-state index contributed by atoms with van der Waals surface area (Å²) in [4.78, 5) is 26.3. The van der Waals surface area contributed by atoms with Gasteiger partial charge in [0.2, 0.25) is 16.9 Å². The molecule has 1 aromatic heterocycles. The number of nitrogens with zero attached hydrogens (tertiary/aromatic N) is 3. The van der Waals surface area contributed by atoms with Gasteiger partial charge in [0, 0.05) is 5.92 Å². The molecule has 0 aliphatic carbocycles. The van der Waals surface area contributed by atoms with Crippen molar-refractivity contribution in [1.29, 1.82) is 0 Å². The first-order valence-electron chi connectivity index (χ1n) is 8.77. The number of nitrogens with one attached hydrogen (secondary N) is 1. The number of rotatable bonds is 6. The number of carbonyl (C=O) groups is 2. The second-order valence-electron chi connectivity index (χ2n) is 6.05. The number of anilines is 2. The molecule has 1 aromatic carbocycles. The van der Waals surface area contributed by atoms with Crippen LogP contribution < -0.4 is 15.0 Å². The third kappa shape index (κ3) is 4.01. The molecule has 8 heteroatoms. The minimum absolute atomic E-state index is 0.0842. The number of aromatic nitrogens is 2. The molecule has 1 N–H and O–H groups in total. The highest BCUT2D eigenvalue weighted by atomic mass is 32.1. The van der Waals surface area contributed by atoms with Crippen LogP contribution in [0.4, 0.5) is 10.8 Å². The van der Waals surface area contributed by atoms with Crippen LogP contribution in [0.3, 0.4) is 0 Å². The highest BCUT2D eigenvalue weighted by Gasteiger charge is 2.25. The van der Waals surface area contributed by atoms with Crippen molar-refractivity contribution in [1.82, 2.24) is 10.2 Å². The lowest BCUT2D eigenvalue weighted by molar-refractivity contribution is -0.121. The lowest BCUT2D eigenvalue weighted by Crippen LogP contribution is -2.37. The fourth-order valence-electron chi connectivity index (χ4n) is 2.88. The number of hydrogen-bond acceptors (Lipinski definition) is 6. The van der Waals surface area contributed by atoms with Gasteiger partial charge in [-0.05, 0) is 25.0 Å². The van der Waals surface area contributed by atoms with Crippen LogP contribution in [0.2, 0.25) is 0 Å². The number of hydrogen-bond donors (Lipinski definition) is 1. The van der Waals surface area contributed by atoms with Gasteiger partial charge in [-0.15, -0.1) is 10.2 Å². The van der Waals surface area contributed by atoms with E-state index in [4.69, 9.17) is 4.74 Å². The smallest absolute Gasteiger partial charge is 0.246 e. The molecule has 0 spiro atoms. The first kappa shape index (κ1) is 18.3. The van der Waals surface area contributed by atoms with Gasteiger partial charge in [0.05, 0.1) is 18.7 Å². The number of amides is 2. The van der Waals surface area contributed by atoms with Crippen molar-refractivity contribution < 1.29 is 14.3 Å². The number of carbonyl (C=O) groups excluding carboxylic acids is 2. The van der Waals surface area contributed by atoms with Crippen LogP contribution in [-0.2, 0) is 9.59 Å². The minimum atomic E-state index is -0.303. The van der Waals surface area contributed by atoms with Crippen LogP contribution in [0.5, 0.6) is 5.75 Å². The largest absolute Gasteiger partial charge is 0.491 e. The Labute approximate surface area is 156 Å². The predicted molar refractivity (Wildman–Crippen MR) is 101 cm³/mol. The molecule has 0 atom stereocenters. The lowest BCUT2D eigenvalue weighted by atomic mass is 10.1. The van der Waals surface area contributed by atoms with Crippen LogP contribution in [0, 0.1) is 0 Å². The Morgan fingerprint density at radius 2 is 2.08 bits per heavy atom. The minimum Gasteiger partial charge on any atom is -0.491 e. The van der Waals surface area contributed by atoms with Gasteiger partial charge in [-0.2, -0.15) is 0 Å². The molecular formula is C18H22N4O3S. The van der Waals surface area contributed by atoms with E-state index in [-0.39, 0.29) is 24.8 Å². The molecule has 2 aromatic rings.